The average molecular weight is 296 g/mol. The second kappa shape index (κ2) is 4.77. The van der Waals surface area contributed by atoms with Crippen molar-refractivity contribution in [1.29, 1.82) is 0 Å². The summed E-state index contributed by atoms with van der Waals surface area (Å²) in [4.78, 5) is 16.4. The first-order chi connectivity index (χ1) is 8.70. The van der Waals surface area contributed by atoms with E-state index in [1.54, 1.807) is 12.1 Å². The lowest BCUT2D eigenvalue weighted by molar-refractivity contribution is 0.101. The van der Waals surface area contributed by atoms with Gasteiger partial charge in [-0.3, -0.25) is 9.78 Å². The zero-order chi connectivity index (χ0) is 14.4. The largest absolute Gasteiger partial charge is 0.294 e. The van der Waals surface area contributed by atoms with Crippen molar-refractivity contribution in [1.82, 2.24) is 4.98 Å². The van der Waals surface area contributed by atoms with Crippen LogP contribution in [0.3, 0.4) is 0 Å². The summed E-state index contributed by atoms with van der Waals surface area (Å²) in [5.74, 6) is -0.0174. The Morgan fingerprint density at radius 2 is 1.79 bits per heavy atom. The van der Waals surface area contributed by atoms with E-state index in [1.807, 2.05) is 6.07 Å². The first kappa shape index (κ1) is 14.3. The van der Waals surface area contributed by atoms with E-state index < -0.39 is 0 Å². The predicted octanol–water partition coefficient (Wildman–Crippen LogP) is 5.04. The average Bonchev–Trinajstić information content (AvgIpc) is 2.25. The van der Waals surface area contributed by atoms with Crippen LogP contribution in [0.2, 0.25) is 10.0 Å². The number of benzene rings is 1. The van der Waals surface area contributed by atoms with Gasteiger partial charge in [-0.2, -0.15) is 0 Å². The van der Waals surface area contributed by atoms with Crippen molar-refractivity contribution in [2.24, 2.45) is 0 Å². The Morgan fingerprint density at radius 3 is 2.32 bits per heavy atom. The number of Topliss-reactive ketones (excluding diaryl/α,β-unsaturated/α-hetero) is 1. The summed E-state index contributed by atoms with van der Waals surface area (Å²) in [6.07, 6.45) is 0. The van der Waals surface area contributed by atoms with Crippen LogP contribution < -0.4 is 0 Å². The Bertz CT molecular complexity index is 672. The number of hydrogen-bond donors (Lipinski definition) is 0. The quantitative estimate of drug-likeness (QED) is 0.690. The van der Waals surface area contributed by atoms with Crippen molar-refractivity contribution in [3.8, 4) is 0 Å². The summed E-state index contributed by atoms with van der Waals surface area (Å²) >= 11 is 12.2. The number of fused-ring (bicyclic) bond motifs is 1. The standard InChI is InChI=1S/C15H15Cl2NO/c1-8(19)10-7-13(15(2,3)4)18-14-11(10)5-9(16)6-12(14)17/h5-7H,1-4H3. The highest BCUT2D eigenvalue weighted by Gasteiger charge is 2.20. The number of ketones is 1. The van der Waals surface area contributed by atoms with E-state index in [0.717, 1.165) is 5.69 Å². The second-order valence-corrected chi connectivity index (χ2v) is 6.49. The predicted molar refractivity (Wildman–Crippen MR) is 80.5 cm³/mol. The molecule has 0 atom stereocenters. The molecule has 0 spiro atoms. The molecule has 0 aliphatic heterocycles. The Morgan fingerprint density at radius 1 is 1.16 bits per heavy atom. The number of pyridine rings is 1. The fourth-order valence-corrected chi connectivity index (χ4v) is 2.46. The number of carbonyl (C=O) groups is 1. The number of carbonyl (C=O) groups excluding carboxylic acids is 1. The maximum Gasteiger partial charge on any atom is 0.160 e. The molecule has 0 bridgehead atoms. The van der Waals surface area contributed by atoms with E-state index >= 15 is 0 Å². The van der Waals surface area contributed by atoms with Crippen molar-refractivity contribution in [2.45, 2.75) is 33.1 Å². The van der Waals surface area contributed by atoms with Crippen molar-refractivity contribution in [2.75, 3.05) is 0 Å². The van der Waals surface area contributed by atoms with Gasteiger partial charge in [-0.25, -0.2) is 0 Å². The molecule has 1 aromatic heterocycles. The molecule has 2 rings (SSSR count). The summed E-state index contributed by atoms with van der Waals surface area (Å²) in [5.41, 5.74) is 1.93. The van der Waals surface area contributed by atoms with Gasteiger partial charge >= 0.3 is 0 Å². The van der Waals surface area contributed by atoms with E-state index in [4.69, 9.17) is 23.2 Å². The molecule has 0 amide bonds. The molecule has 0 aliphatic carbocycles. The second-order valence-electron chi connectivity index (χ2n) is 5.65. The van der Waals surface area contributed by atoms with Gasteiger partial charge in [0.1, 0.15) is 0 Å². The summed E-state index contributed by atoms with van der Waals surface area (Å²) in [7, 11) is 0. The molecule has 1 heterocycles. The molecular weight excluding hydrogens is 281 g/mol. The molecule has 19 heavy (non-hydrogen) atoms. The van der Waals surface area contributed by atoms with Gasteiger partial charge in [-0.15, -0.1) is 0 Å². The van der Waals surface area contributed by atoms with Crippen LogP contribution in [0.15, 0.2) is 18.2 Å². The molecule has 4 heteroatoms. The zero-order valence-corrected chi connectivity index (χ0v) is 12.9. The molecule has 0 aliphatic rings. The highest BCUT2D eigenvalue weighted by atomic mass is 35.5. The van der Waals surface area contributed by atoms with Crippen LogP contribution in [0, 0.1) is 0 Å². The summed E-state index contributed by atoms with van der Waals surface area (Å²) in [6.45, 7) is 7.69. The molecule has 0 saturated carbocycles. The minimum atomic E-state index is -0.151. The number of aromatic nitrogens is 1. The number of nitrogens with zero attached hydrogens (tertiary/aromatic N) is 1. The van der Waals surface area contributed by atoms with Crippen LogP contribution in [-0.2, 0) is 5.41 Å². The van der Waals surface area contributed by atoms with Crippen LogP contribution in [0.5, 0.6) is 0 Å². The van der Waals surface area contributed by atoms with Crippen LogP contribution in [0.25, 0.3) is 10.9 Å². The first-order valence-electron chi connectivity index (χ1n) is 6.01. The van der Waals surface area contributed by atoms with Gasteiger partial charge in [0.25, 0.3) is 0 Å². The maximum absolute atomic E-state index is 11.8. The molecule has 0 unspecified atom stereocenters. The minimum Gasteiger partial charge on any atom is -0.294 e. The third kappa shape index (κ3) is 2.75. The Balaban J connectivity index is 2.92. The van der Waals surface area contributed by atoms with E-state index in [0.29, 0.717) is 26.5 Å². The van der Waals surface area contributed by atoms with E-state index in [9.17, 15) is 4.79 Å². The zero-order valence-electron chi connectivity index (χ0n) is 11.3. The smallest absolute Gasteiger partial charge is 0.160 e. The fourth-order valence-electron chi connectivity index (χ4n) is 1.93. The van der Waals surface area contributed by atoms with Gasteiger partial charge in [0.2, 0.25) is 0 Å². The highest BCUT2D eigenvalue weighted by molar-refractivity contribution is 6.38. The molecule has 2 aromatic rings. The highest BCUT2D eigenvalue weighted by Crippen LogP contribution is 2.32. The van der Waals surface area contributed by atoms with Gasteiger partial charge in [-0.1, -0.05) is 44.0 Å². The normalized spacial score (nSPS) is 11.9. The van der Waals surface area contributed by atoms with E-state index in [-0.39, 0.29) is 11.2 Å². The lowest BCUT2D eigenvalue weighted by Gasteiger charge is -2.20. The molecule has 0 radical (unpaired) electrons. The molecular formula is C15H15Cl2NO. The third-order valence-corrected chi connectivity index (χ3v) is 3.49. The van der Waals surface area contributed by atoms with Gasteiger partial charge in [0.15, 0.2) is 5.78 Å². The first-order valence-corrected chi connectivity index (χ1v) is 6.77. The third-order valence-electron chi connectivity index (χ3n) is 2.98. The monoisotopic (exact) mass is 295 g/mol. The van der Waals surface area contributed by atoms with Gasteiger partial charge in [-0.05, 0) is 25.1 Å². The molecule has 100 valence electrons. The molecule has 0 saturated heterocycles. The fraction of sp³-hybridized carbons (Fsp3) is 0.333. The Hall–Kier alpha value is -1.12. The number of halogens is 2. The van der Waals surface area contributed by atoms with E-state index in [1.165, 1.54) is 6.92 Å². The van der Waals surface area contributed by atoms with Crippen LogP contribution in [0.1, 0.15) is 43.7 Å². The molecule has 0 fully saturated rings. The van der Waals surface area contributed by atoms with Crippen LogP contribution >= 0.6 is 23.2 Å². The van der Waals surface area contributed by atoms with Crippen molar-refractivity contribution < 1.29 is 4.79 Å². The van der Waals surface area contributed by atoms with Gasteiger partial charge in [0, 0.05) is 27.1 Å². The number of hydrogen-bond acceptors (Lipinski definition) is 2. The van der Waals surface area contributed by atoms with Crippen molar-refractivity contribution in [3.05, 3.63) is 39.5 Å². The lowest BCUT2D eigenvalue weighted by atomic mass is 9.89. The molecule has 2 nitrogen and oxygen atoms in total. The molecule has 0 N–H and O–H groups in total. The summed E-state index contributed by atoms with van der Waals surface area (Å²) in [5, 5.41) is 1.68. The Labute approximate surface area is 122 Å². The van der Waals surface area contributed by atoms with Crippen molar-refractivity contribution >= 4 is 39.9 Å². The SMILES string of the molecule is CC(=O)c1cc(C(C)(C)C)nc2c(Cl)cc(Cl)cc12. The lowest BCUT2D eigenvalue weighted by Crippen LogP contribution is -2.15. The summed E-state index contributed by atoms with van der Waals surface area (Å²) < 4.78 is 0. The Kier molecular flexibility index (Phi) is 3.59. The van der Waals surface area contributed by atoms with Crippen molar-refractivity contribution in [3.63, 3.8) is 0 Å². The number of rotatable bonds is 1. The van der Waals surface area contributed by atoms with E-state index in [2.05, 4.69) is 25.8 Å². The maximum atomic E-state index is 11.8. The summed E-state index contributed by atoms with van der Waals surface area (Å²) in [6, 6.07) is 5.21. The van der Waals surface area contributed by atoms with Crippen LogP contribution in [0.4, 0.5) is 0 Å². The topological polar surface area (TPSA) is 30.0 Å². The van der Waals surface area contributed by atoms with Gasteiger partial charge < -0.3 is 0 Å². The minimum absolute atomic E-state index is 0.0174. The van der Waals surface area contributed by atoms with Crippen LogP contribution in [-0.4, -0.2) is 10.8 Å². The molecule has 1 aromatic carbocycles. The van der Waals surface area contributed by atoms with Gasteiger partial charge in [0.05, 0.1) is 10.5 Å².